The normalized spacial score (nSPS) is 26.7. The third-order valence-corrected chi connectivity index (χ3v) is 4.07. The minimum atomic E-state index is -0.782. The van der Waals surface area contributed by atoms with E-state index < -0.39 is 11.6 Å². The fourth-order valence-corrected chi connectivity index (χ4v) is 3.05. The second-order valence-corrected chi connectivity index (χ2v) is 6.44. The van der Waals surface area contributed by atoms with Gasteiger partial charge in [0, 0.05) is 13.1 Å². The van der Waals surface area contributed by atoms with Gasteiger partial charge in [0.1, 0.15) is 0 Å². The first-order valence-electron chi connectivity index (χ1n) is 7.38. The van der Waals surface area contributed by atoms with Gasteiger partial charge in [-0.25, -0.2) is 4.79 Å². The zero-order valence-electron chi connectivity index (χ0n) is 12.6. The van der Waals surface area contributed by atoms with Gasteiger partial charge in [-0.05, 0) is 26.7 Å². The van der Waals surface area contributed by atoms with E-state index in [1.807, 2.05) is 13.8 Å². The molecule has 1 atom stereocenters. The number of aliphatic hydroxyl groups excluding tert-OH is 1. The summed E-state index contributed by atoms with van der Waals surface area (Å²) in [6.45, 7) is 5.46. The maximum absolute atomic E-state index is 12.5. The molecule has 7 heteroatoms. The minimum absolute atomic E-state index is 0.0892. The van der Waals surface area contributed by atoms with Gasteiger partial charge in [0.2, 0.25) is 0 Å². The Morgan fingerprint density at radius 1 is 1.24 bits per heavy atom. The summed E-state index contributed by atoms with van der Waals surface area (Å²) >= 11 is 0. The molecule has 2 saturated heterocycles. The third-order valence-electron chi connectivity index (χ3n) is 4.07. The van der Waals surface area contributed by atoms with Crippen molar-refractivity contribution in [2.45, 2.75) is 38.4 Å². The van der Waals surface area contributed by atoms with Gasteiger partial charge in [0.25, 0.3) is 0 Å². The van der Waals surface area contributed by atoms with E-state index in [2.05, 4.69) is 0 Å². The van der Waals surface area contributed by atoms with E-state index in [9.17, 15) is 14.7 Å². The Balaban J connectivity index is 1.95. The van der Waals surface area contributed by atoms with Gasteiger partial charge >= 0.3 is 12.0 Å². The summed E-state index contributed by atoms with van der Waals surface area (Å²) in [5.74, 6) is -1.13. The van der Waals surface area contributed by atoms with E-state index in [0.29, 0.717) is 39.0 Å². The topological polar surface area (TPSA) is 90.3 Å². The summed E-state index contributed by atoms with van der Waals surface area (Å²) in [5, 5.41) is 18.3. The largest absolute Gasteiger partial charge is 0.481 e. The standard InChI is InChI=1S/C14H24N2O5/c1-14(2)9-16(7-11(8-17)21-14)13(20)15-5-3-10(4-6-15)12(18)19/h10-11,17H,3-9H2,1-2H3,(H,18,19). The van der Waals surface area contributed by atoms with Crippen molar-refractivity contribution >= 4 is 12.0 Å². The van der Waals surface area contributed by atoms with Crippen molar-refractivity contribution in [1.82, 2.24) is 9.80 Å². The van der Waals surface area contributed by atoms with E-state index in [-0.39, 0.29) is 24.7 Å². The maximum Gasteiger partial charge on any atom is 0.320 e. The Labute approximate surface area is 124 Å². The highest BCUT2D eigenvalue weighted by Gasteiger charge is 2.38. The second-order valence-electron chi connectivity index (χ2n) is 6.44. The second kappa shape index (κ2) is 6.19. The highest BCUT2D eigenvalue weighted by atomic mass is 16.5. The molecule has 0 bridgehead atoms. The van der Waals surface area contributed by atoms with Crippen molar-refractivity contribution in [3.05, 3.63) is 0 Å². The average molecular weight is 300 g/mol. The number of carboxylic acids is 1. The van der Waals surface area contributed by atoms with Gasteiger partial charge in [-0.3, -0.25) is 4.79 Å². The van der Waals surface area contributed by atoms with Crippen LogP contribution >= 0.6 is 0 Å². The molecule has 0 aromatic heterocycles. The van der Waals surface area contributed by atoms with Gasteiger partial charge in [0.15, 0.2) is 0 Å². The molecular formula is C14H24N2O5. The monoisotopic (exact) mass is 300 g/mol. The fraction of sp³-hybridized carbons (Fsp3) is 0.857. The zero-order chi connectivity index (χ0) is 15.6. The summed E-state index contributed by atoms with van der Waals surface area (Å²) < 4.78 is 5.70. The number of likely N-dealkylation sites (tertiary alicyclic amines) is 1. The average Bonchev–Trinajstić information content (AvgIpc) is 2.44. The van der Waals surface area contributed by atoms with Gasteiger partial charge < -0.3 is 24.7 Å². The fourth-order valence-electron chi connectivity index (χ4n) is 3.05. The van der Waals surface area contributed by atoms with Crippen LogP contribution in [-0.2, 0) is 9.53 Å². The third kappa shape index (κ3) is 3.85. The molecule has 0 aromatic rings. The summed E-state index contributed by atoms with van der Waals surface area (Å²) in [5.41, 5.74) is -0.485. The quantitative estimate of drug-likeness (QED) is 0.769. The van der Waals surface area contributed by atoms with E-state index >= 15 is 0 Å². The van der Waals surface area contributed by atoms with Gasteiger partial charge in [-0.1, -0.05) is 0 Å². The lowest BCUT2D eigenvalue weighted by molar-refractivity contribution is -0.144. The highest BCUT2D eigenvalue weighted by Crippen LogP contribution is 2.24. The first-order valence-corrected chi connectivity index (χ1v) is 7.38. The molecule has 2 aliphatic heterocycles. The van der Waals surface area contributed by atoms with E-state index in [4.69, 9.17) is 9.84 Å². The Kier molecular flexibility index (Phi) is 4.73. The molecule has 0 saturated carbocycles. The van der Waals surface area contributed by atoms with E-state index in [1.165, 1.54) is 0 Å². The molecule has 2 heterocycles. The van der Waals surface area contributed by atoms with E-state index in [0.717, 1.165) is 0 Å². The minimum Gasteiger partial charge on any atom is -0.481 e. The molecule has 21 heavy (non-hydrogen) atoms. The number of ether oxygens (including phenoxy) is 1. The van der Waals surface area contributed by atoms with Crippen LogP contribution in [0, 0.1) is 5.92 Å². The van der Waals surface area contributed by atoms with E-state index in [1.54, 1.807) is 9.80 Å². The Morgan fingerprint density at radius 3 is 2.38 bits per heavy atom. The molecule has 2 amide bonds. The number of nitrogens with zero attached hydrogens (tertiary/aromatic N) is 2. The molecule has 0 aromatic carbocycles. The lowest BCUT2D eigenvalue weighted by Crippen LogP contribution is -2.59. The maximum atomic E-state index is 12.5. The van der Waals surface area contributed by atoms with Crippen LogP contribution in [0.25, 0.3) is 0 Å². The molecule has 0 spiro atoms. The molecule has 2 N–H and O–H groups in total. The van der Waals surface area contributed by atoms with Crippen molar-refractivity contribution in [3.8, 4) is 0 Å². The molecule has 2 aliphatic rings. The molecule has 7 nitrogen and oxygen atoms in total. The van der Waals surface area contributed by atoms with Crippen molar-refractivity contribution in [3.63, 3.8) is 0 Å². The number of aliphatic carboxylic acids is 1. The lowest BCUT2D eigenvalue weighted by atomic mass is 9.97. The number of piperidine rings is 1. The lowest BCUT2D eigenvalue weighted by Gasteiger charge is -2.44. The Morgan fingerprint density at radius 2 is 1.86 bits per heavy atom. The first kappa shape index (κ1) is 16.0. The van der Waals surface area contributed by atoms with Crippen molar-refractivity contribution < 1.29 is 24.5 Å². The molecule has 0 aliphatic carbocycles. The van der Waals surface area contributed by atoms with Crippen LogP contribution < -0.4 is 0 Å². The Hall–Kier alpha value is -1.34. The van der Waals surface area contributed by atoms with Crippen molar-refractivity contribution in [2.75, 3.05) is 32.8 Å². The summed E-state index contributed by atoms with van der Waals surface area (Å²) in [6, 6.07) is -0.0892. The summed E-state index contributed by atoms with van der Waals surface area (Å²) in [7, 11) is 0. The van der Waals surface area contributed by atoms with Crippen LogP contribution in [-0.4, -0.2) is 76.5 Å². The highest BCUT2D eigenvalue weighted by molar-refractivity contribution is 5.76. The smallest absolute Gasteiger partial charge is 0.320 e. The predicted octanol–water partition coefficient (Wildman–Crippen LogP) is 0.375. The number of hydrogen-bond acceptors (Lipinski definition) is 4. The number of carboxylic acid groups (broad SMARTS) is 1. The molecule has 0 radical (unpaired) electrons. The Bertz CT molecular complexity index is 404. The van der Waals surface area contributed by atoms with Gasteiger partial charge in [0.05, 0.1) is 37.3 Å². The number of rotatable bonds is 2. The van der Waals surface area contributed by atoms with Crippen LogP contribution in [0.5, 0.6) is 0 Å². The molecule has 1 unspecified atom stereocenters. The van der Waals surface area contributed by atoms with Gasteiger partial charge in [-0.15, -0.1) is 0 Å². The van der Waals surface area contributed by atoms with Gasteiger partial charge in [-0.2, -0.15) is 0 Å². The summed E-state index contributed by atoms with van der Waals surface area (Å²) in [6.07, 6.45) is 0.630. The number of hydrogen-bond donors (Lipinski definition) is 2. The van der Waals surface area contributed by atoms with Crippen molar-refractivity contribution in [2.24, 2.45) is 5.92 Å². The van der Waals surface area contributed by atoms with Crippen molar-refractivity contribution in [1.29, 1.82) is 0 Å². The number of morpholine rings is 1. The first-order chi connectivity index (χ1) is 9.82. The molecule has 2 rings (SSSR count). The number of carbonyl (C=O) groups excluding carboxylic acids is 1. The molecular weight excluding hydrogens is 276 g/mol. The van der Waals surface area contributed by atoms with Crippen LogP contribution in [0.15, 0.2) is 0 Å². The van der Waals surface area contributed by atoms with Crippen LogP contribution in [0.4, 0.5) is 4.79 Å². The number of aliphatic hydroxyl groups is 1. The zero-order valence-corrected chi connectivity index (χ0v) is 12.6. The molecule has 2 fully saturated rings. The summed E-state index contributed by atoms with van der Waals surface area (Å²) in [4.78, 5) is 26.9. The van der Waals surface area contributed by atoms with Crippen LogP contribution in [0.3, 0.4) is 0 Å². The SMILES string of the molecule is CC1(C)CN(C(=O)N2CCC(C(=O)O)CC2)CC(CO)O1. The van der Waals surface area contributed by atoms with Crippen LogP contribution in [0.2, 0.25) is 0 Å². The molecule has 120 valence electrons. The number of urea groups is 1. The van der Waals surface area contributed by atoms with Crippen LogP contribution in [0.1, 0.15) is 26.7 Å². The number of carbonyl (C=O) groups is 2. The predicted molar refractivity (Wildman–Crippen MR) is 74.9 cm³/mol. The number of amides is 2.